The third-order valence-electron chi connectivity index (χ3n) is 2.67. The molecule has 2 aromatic carbocycles. The summed E-state index contributed by atoms with van der Waals surface area (Å²) < 4.78 is 0.818. The minimum absolute atomic E-state index is 0.175. The number of phenolic OH excluding ortho intramolecular Hbond substituents is 1. The monoisotopic (exact) mass is 306 g/mol. The molecule has 3 nitrogen and oxygen atoms in total. The highest BCUT2D eigenvalue weighted by atomic mass is 79.9. The minimum atomic E-state index is -0.965. The van der Waals surface area contributed by atoms with E-state index in [9.17, 15) is 9.90 Å². The van der Waals surface area contributed by atoms with Gasteiger partial charge >= 0.3 is 5.97 Å². The maximum absolute atomic E-state index is 11.1. The van der Waals surface area contributed by atoms with Crippen molar-refractivity contribution >= 4 is 21.9 Å². The summed E-state index contributed by atoms with van der Waals surface area (Å²) in [6, 6.07) is 11.9. The lowest BCUT2D eigenvalue weighted by atomic mass is 9.99. The van der Waals surface area contributed by atoms with Crippen molar-refractivity contribution < 1.29 is 15.0 Å². The molecule has 0 aromatic heterocycles. The molecule has 2 N–H and O–H groups in total. The van der Waals surface area contributed by atoms with Crippen LogP contribution in [0, 0.1) is 0 Å². The Labute approximate surface area is 113 Å². The van der Waals surface area contributed by atoms with Crippen molar-refractivity contribution in [3.8, 4) is 5.75 Å². The molecule has 0 saturated heterocycles. The average molecular weight is 307 g/mol. The standard InChI is InChI=1S/C14H11BrO3/c15-11-5-6-12(14(17)18)10(8-11)7-9-3-1-2-4-13(9)16/h1-6,8,16H,7H2,(H,17,18). The van der Waals surface area contributed by atoms with Crippen LogP contribution < -0.4 is 0 Å². The van der Waals surface area contributed by atoms with Gasteiger partial charge in [0.05, 0.1) is 5.56 Å². The van der Waals surface area contributed by atoms with Gasteiger partial charge in [0.25, 0.3) is 0 Å². The number of halogens is 1. The maximum Gasteiger partial charge on any atom is 0.335 e. The van der Waals surface area contributed by atoms with Crippen LogP contribution in [0.5, 0.6) is 5.75 Å². The molecule has 92 valence electrons. The van der Waals surface area contributed by atoms with Crippen molar-refractivity contribution in [2.24, 2.45) is 0 Å². The van der Waals surface area contributed by atoms with Crippen LogP contribution in [-0.4, -0.2) is 16.2 Å². The number of carboxylic acid groups (broad SMARTS) is 1. The van der Waals surface area contributed by atoms with Gasteiger partial charge in [-0.25, -0.2) is 4.79 Å². The summed E-state index contributed by atoms with van der Waals surface area (Å²) in [6.45, 7) is 0. The second kappa shape index (κ2) is 5.23. The molecule has 4 heteroatoms. The Bertz CT molecular complexity index is 593. The maximum atomic E-state index is 11.1. The number of carbonyl (C=O) groups is 1. The highest BCUT2D eigenvalue weighted by Crippen LogP contribution is 2.24. The van der Waals surface area contributed by atoms with Gasteiger partial charge in [-0.1, -0.05) is 34.1 Å². The van der Waals surface area contributed by atoms with Crippen molar-refractivity contribution in [2.75, 3.05) is 0 Å². The van der Waals surface area contributed by atoms with Crippen LogP contribution in [0.25, 0.3) is 0 Å². The minimum Gasteiger partial charge on any atom is -0.508 e. The van der Waals surface area contributed by atoms with Gasteiger partial charge in [0.1, 0.15) is 5.75 Å². The van der Waals surface area contributed by atoms with Crippen molar-refractivity contribution in [1.29, 1.82) is 0 Å². The Balaban J connectivity index is 2.42. The van der Waals surface area contributed by atoms with Gasteiger partial charge in [0.15, 0.2) is 0 Å². The molecule has 2 rings (SSSR count). The van der Waals surface area contributed by atoms with E-state index in [-0.39, 0.29) is 11.3 Å². The van der Waals surface area contributed by atoms with Gasteiger partial charge < -0.3 is 10.2 Å². The molecule has 0 fully saturated rings. The van der Waals surface area contributed by atoms with Crippen LogP contribution >= 0.6 is 15.9 Å². The summed E-state index contributed by atoms with van der Waals surface area (Å²) in [4.78, 5) is 11.1. The van der Waals surface area contributed by atoms with Gasteiger partial charge in [-0.3, -0.25) is 0 Å². The third kappa shape index (κ3) is 2.71. The normalized spacial score (nSPS) is 10.3. The Morgan fingerprint density at radius 2 is 1.83 bits per heavy atom. The van der Waals surface area contributed by atoms with E-state index in [1.54, 1.807) is 36.4 Å². The van der Waals surface area contributed by atoms with Crippen molar-refractivity contribution in [3.05, 3.63) is 63.6 Å². The smallest absolute Gasteiger partial charge is 0.335 e. The molecule has 0 amide bonds. The number of rotatable bonds is 3. The Morgan fingerprint density at radius 3 is 2.50 bits per heavy atom. The molecule has 0 saturated carbocycles. The molecular formula is C14H11BrO3. The van der Waals surface area contributed by atoms with Crippen LogP contribution in [0.3, 0.4) is 0 Å². The zero-order chi connectivity index (χ0) is 13.1. The van der Waals surface area contributed by atoms with E-state index in [1.165, 1.54) is 0 Å². The summed E-state index contributed by atoms with van der Waals surface area (Å²) in [6.07, 6.45) is 0.383. The molecule has 0 spiro atoms. The molecule has 2 aromatic rings. The summed E-state index contributed by atoms with van der Waals surface area (Å²) in [5.74, 6) is -0.790. The van der Waals surface area contributed by atoms with Crippen LogP contribution in [0.15, 0.2) is 46.9 Å². The Kier molecular flexibility index (Phi) is 3.67. The number of para-hydroxylation sites is 1. The SMILES string of the molecule is O=C(O)c1ccc(Br)cc1Cc1ccccc1O. The predicted molar refractivity (Wildman–Crippen MR) is 72.0 cm³/mol. The number of phenols is 1. The fourth-order valence-corrected chi connectivity index (χ4v) is 2.19. The van der Waals surface area contributed by atoms with Crippen LogP contribution in [0.1, 0.15) is 21.5 Å². The van der Waals surface area contributed by atoms with E-state index >= 15 is 0 Å². The largest absolute Gasteiger partial charge is 0.508 e. The lowest BCUT2D eigenvalue weighted by molar-refractivity contribution is 0.0696. The fraction of sp³-hybridized carbons (Fsp3) is 0.0714. The summed E-state index contributed by atoms with van der Waals surface area (Å²) in [7, 11) is 0. The lowest BCUT2D eigenvalue weighted by Gasteiger charge is -2.08. The molecular weight excluding hydrogens is 296 g/mol. The van der Waals surface area contributed by atoms with Gasteiger partial charge in [0.2, 0.25) is 0 Å². The predicted octanol–water partition coefficient (Wildman–Crippen LogP) is 3.44. The first kappa shape index (κ1) is 12.6. The van der Waals surface area contributed by atoms with E-state index in [1.807, 2.05) is 6.07 Å². The first-order valence-corrected chi connectivity index (χ1v) is 6.16. The molecule has 0 heterocycles. The molecule has 0 aliphatic heterocycles. The van der Waals surface area contributed by atoms with E-state index in [0.29, 0.717) is 17.5 Å². The Hall–Kier alpha value is -1.81. The van der Waals surface area contributed by atoms with Crippen LogP contribution in [0.2, 0.25) is 0 Å². The first-order valence-electron chi connectivity index (χ1n) is 5.36. The number of hydrogen-bond donors (Lipinski definition) is 2. The first-order chi connectivity index (χ1) is 8.58. The molecule has 0 atom stereocenters. The average Bonchev–Trinajstić information content (AvgIpc) is 2.32. The van der Waals surface area contributed by atoms with Crippen molar-refractivity contribution in [3.63, 3.8) is 0 Å². The van der Waals surface area contributed by atoms with Crippen molar-refractivity contribution in [2.45, 2.75) is 6.42 Å². The second-order valence-electron chi connectivity index (χ2n) is 3.91. The molecule has 18 heavy (non-hydrogen) atoms. The number of benzene rings is 2. The molecule has 0 aliphatic carbocycles. The number of aromatic carboxylic acids is 1. The molecule has 0 radical (unpaired) electrons. The highest BCUT2D eigenvalue weighted by molar-refractivity contribution is 9.10. The lowest BCUT2D eigenvalue weighted by Crippen LogP contribution is -2.03. The topological polar surface area (TPSA) is 57.5 Å². The van der Waals surface area contributed by atoms with Crippen LogP contribution in [0.4, 0.5) is 0 Å². The number of carboxylic acids is 1. The van der Waals surface area contributed by atoms with Crippen molar-refractivity contribution in [1.82, 2.24) is 0 Å². The number of aromatic hydroxyl groups is 1. The van der Waals surface area contributed by atoms with Gasteiger partial charge in [0, 0.05) is 10.9 Å². The van der Waals surface area contributed by atoms with Gasteiger partial charge in [-0.2, -0.15) is 0 Å². The molecule has 0 unspecified atom stereocenters. The van der Waals surface area contributed by atoms with Crippen LogP contribution in [-0.2, 0) is 6.42 Å². The van der Waals surface area contributed by atoms with E-state index in [0.717, 1.165) is 4.47 Å². The second-order valence-corrected chi connectivity index (χ2v) is 4.83. The summed E-state index contributed by atoms with van der Waals surface area (Å²) in [5.41, 5.74) is 1.62. The van der Waals surface area contributed by atoms with E-state index < -0.39 is 5.97 Å². The summed E-state index contributed by atoms with van der Waals surface area (Å²) in [5, 5.41) is 18.8. The van der Waals surface area contributed by atoms with Gasteiger partial charge in [-0.15, -0.1) is 0 Å². The van der Waals surface area contributed by atoms with Gasteiger partial charge in [-0.05, 0) is 35.4 Å². The Morgan fingerprint density at radius 1 is 1.11 bits per heavy atom. The third-order valence-corrected chi connectivity index (χ3v) is 3.16. The van der Waals surface area contributed by atoms with E-state index in [4.69, 9.17) is 5.11 Å². The quantitative estimate of drug-likeness (QED) is 0.913. The zero-order valence-corrected chi connectivity index (χ0v) is 11.0. The molecule has 0 bridgehead atoms. The van der Waals surface area contributed by atoms with E-state index in [2.05, 4.69) is 15.9 Å². The number of hydrogen-bond acceptors (Lipinski definition) is 2. The summed E-state index contributed by atoms with van der Waals surface area (Å²) >= 11 is 3.32. The highest BCUT2D eigenvalue weighted by Gasteiger charge is 2.12. The molecule has 0 aliphatic rings. The fourth-order valence-electron chi connectivity index (χ4n) is 1.78. The zero-order valence-electron chi connectivity index (χ0n) is 9.43.